The topological polar surface area (TPSA) is 88.1 Å². The van der Waals surface area contributed by atoms with Crippen LogP contribution in [-0.4, -0.2) is 35.9 Å². The van der Waals surface area contributed by atoms with Gasteiger partial charge in [-0.05, 0) is 109 Å². The number of hydrogen-bond acceptors (Lipinski definition) is 7. The zero-order valence-corrected chi connectivity index (χ0v) is 32.7. The molecule has 1 heterocycles. The van der Waals surface area contributed by atoms with Crippen LogP contribution in [-0.2, 0) is 39.9 Å². The maximum absolute atomic E-state index is 14.3. The summed E-state index contributed by atoms with van der Waals surface area (Å²) in [6.07, 6.45) is 11.2. The fraction of sp³-hybridized carbons (Fsp3) is 0.750. The summed E-state index contributed by atoms with van der Waals surface area (Å²) in [6, 6.07) is 10.1. The number of ether oxygens (including phenoxy) is 4. The summed E-state index contributed by atoms with van der Waals surface area (Å²) in [5, 5.41) is 0. The fourth-order valence-electron chi connectivity index (χ4n) is 12.9. The lowest BCUT2D eigenvalue weighted by Crippen LogP contribution is -2.65. The van der Waals surface area contributed by atoms with Crippen molar-refractivity contribution in [1.82, 2.24) is 0 Å². The molecule has 6 aliphatic rings. The smallest absolute Gasteiger partial charge is 0.338 e. The lowest BCUT2D eigenvalue weighted by molar-refractivity contribution is -0.215. The predicted molar refractivity (Wildman–Crippen MR) is 195 cm³/mol. The lowest BCUT2D eigenvalue weighted by Gasteiger charge is -2.71. The highest BCUT2D eigenvalue weighted by Crippen LogP contribution is 2.76. The van der Waals surface area contributed by atoms with Gasteiger partial charge < -0.3 is 18.9 Å². The van der Waals surface area contributed by atoms with Gasteiger partial charge in [0.15, 0.2) is 6.10 Å². The Morgan fingerprint density at radius 2 is 1.55 bits per heavy atom. The van der Waals surface area contributed by atoms with Gasteiger partial charge in [0.25, 0.3) is 0 Å². The molecule has 7 nitrogen and oxygen atoms in total. The second-order valence-electron chi connectivity index (χ2n) is 19.9. The first-order chi connectivity index (χ1) is 23.8. The molecule has 51 heavy (non-hydrogen) atoms. The van der Waals surface area contributed by atoms with E-state index in [0.29, 0.717) is 18.4 Å². The van der Waals surface area contributed by atoms with Crippen LogP contribution in [0.15, 0.2) is 42.0 Å². The molecule has 1 aliphatic heterocycles. The van der Waals surface area contributed by atoms with Crippen molar-refractivity contribution in [2.75, 3.05) is 0 Å². The third kappa shape index (κ3) is 5.81. The van der Waals surface area contributed by atoms with Gasteiger partial charge in [-0.3, -0.25) is 9.59 Å². The highest BCUT2D eigenvalue weighted by atomic mass is 16.8. The van der Waals surface area contributed by atoms with E-state index < -0.39 is 29.2 Å². The van der Waals surface area contributed by atoms with Crippen LogP contribution in [0.1, 0.15) is 139 Å². The Bertz CT molecular complexity index is 1590. The molecule has 1 aromatic rings. The van der Waals surface area contributed by atoms with E-state index in [0.717, 1.165) is 69.8 Å². The minimum absolute atomic E-state index is 0.00230. The van der Waals surface area contributed by atoms with Crippen molar-refractivity contribution in [2.45, 2.75) is 158 Å². The Labute approximate surface area is 306 Å². The van der Waals surface area contributed by atoms with Crippen LogP contribution in [0.2, 0.25) is 0 Å². The molecule has 0 aromatic heterocycles. The maximum atomic E-state index is 14.3. The third-order valence-electron chi connectivity index (χ3n) is 15.9. The summed E-state index contributed by atoms with van der Waals surface area (Å²) in [5.74, 6) is -0.823. The molecular weight excluding hydrogens is 640 g/mol. The van der Waals surface area contributed by atoms with E-state index >= 15 is 0 Å². The predicted octanol–water partition coefficient (Wildman–Crippen LogP) is 9.51. The van der Waals surface area contributed by atoms with Gasteiger partial charge in [-0.1, -0.05) is 90.4 Å². The Hall–Kier alpha value is -2.67. The van der Waals surface area contributed by atoms with Gasteiger partial charge >= 0.3 is 17.9 Å². The average molecular weight is 703 g/mol. The van der Waals surface area contributed by atoms with Crippen molar-refractivity contribution in [3.05, 3.63) is 47.5 Å². The third-order valence-corrected chi connectivity index (χ3v) is 15.9. The van der Waals surface area contributed by atoms with E-state index in [1.54, 1.807) is 13.8 Å². The molecule has 7 heteroatoms. The highest BCUT2D eigenvalue weighted by Gasteiger charge is 2.69. The Morgan fingerprint density at radius 1 is 0.843 bits per heavy atom. The van der Waals surface area contributed by atoms with Crippen molar-refractivity contribution in [1.29, 1.82) is 0 Å². The number of hydrogen-bond donors (Lipinski definition) is 0. The number of carbonyl (C=O) groups is 3. The Morgan fingerprint density at radius 3 is 2.24 bits per heavy atom. The Kier molecular flexibility index (Phi) is 8.76. The van der Waals surface area contributed by atoms with E-state index in [4.69, 9.17) is 18.9 Å². The number of allylic oxidation sites excluding steroid dienone is 2. The molecule has 4 saturated carbocycles. The first-order valence-corrected chi connectivity index (χ1v) is 19.8. The summed E-state index contributed by atoms with van der Waals surface area (Å²) in [4.78, 5) is 39.9. The van der Waals surface area contributed by atoms with E-state index in [2.05, 4.69) is 54.5 Å². The molecule has 0 unspecified atom stereocenters. The van der Waals surface area contributed by atoms with Crippen LogP contribution in [0, 0.1) is 50.2 Å². The molecule has 0 radical (unpaired) electrons. The van der Waals surface area contributed by atoms with Crippen molar-refractivity contribution in [3.63, 3.8) is 0 Å². The molecule has 5 aliphatic carbocycles. The number of carbonyl (C=O) groups excluding carboxylic acids is 3. The van der Waals surface area contributed by atoms with Gasteiger partial charge in [0.1, 0.15) is 12.7 Å². The van der Waals surface area contributed by atoms with Crippen LogP contribution in [0.3, 0.4) is 0 Å². The van der Waals surface area contributed by atoms with Gasteiger partial charge in [0, 0.05) is 19.3 Å². The maximum Gasteiger partial charge on any atom is 0.338 e. The van der Waals surface area contributed by atoms with Crippen molar-refractivity contribution >= 4 is 17.9 Å². The molecule has 9 atom stereocenters. The molecule has 0 amide bonds. The van der Waals surface area contributed by atoms with Crippen LogP contribution in [0.5, 0.6) is 0 Å². The van der Waals surface area contributed by atoms with E-state index in [1.807, 2.05) is 30.3 Å². The molecule has 280 valence electrons. The van der Waals surface area contributed by atoms with Gasteiger partial charge in [-0.15, -0.1) is 0 Å². The SMILES string of the molecule is CC1(C)CC[C@]2(C(=O)OCc3ccccc3)CC[C@]3(C)C(=CC[C@@H]4[C@@]5(C)CC[C@H](OC(=O)C[C@@H]6OC(C)(C)OC6=O)C(C)(C)[C@@H]5CC[C@]43C)[C@@H]2C1. The monoisotopic (exact) mass is 702 g/mol. The normalized spacial score (nSPS) is 41.8. The lowest BCUT2D eigenvalue weighted by atomic mass is 9.33. The minimum atomic E-state index is -1.02. The van der Waals surface area contributed by atoms with Crippen LogP contribution < -0.4 is 0 Å². The Balaban J connectivity index is 1.13. The first kappa shape index (κ1) is 36.7. The van der Waals surface area contributed by atoms with Crippen LogP contribution in [0.4, 0.5) is 0 Å². The van der Waals surface area contributed by atoms with E-state index in [-0.39, 0.29) is 51.5 Å². The fourth-order valence-corrected chi connectivity index (χ4v) is 12.9. The molecule has 0 spiro atoms. The molecular formula is C44H62O7. The summed E-state index contributed by atoms with van der Waals surface area (Å²) in [6.45, 7) is 20.7. The second-order valence-corrected chi connectivity index (χ2v) is 19.9. The van der Waals surface area contributed by atoms with Crippen LogP contribution >= 0.6 is 0 Å². The molecule has 7 rings (SSSR count). The number of cyclic esters (lactones) is 1. The number of benzene rings is 1. The summed E-state index contributed by atoms with van der Waals surface area (Å²) in [7, 11) is 0. The van der Waals surface area contributed by atoms with Crippen LogP contribution in [0.25, 0.3) is 0 Å². The van der Waals surface area contributed by atoms with E-state index in [1.165, 1.54) is 5.57 Å². The largest absolute Gasteiger partial charge is 0.462 e. The van der Waals surface area contributed by atoms with Crippen molar-refractivity contribution < 1.29 is 33.3 Å². The quantitative estimate of drug-likeness (QED) is 0.166. The molecule has 1 aromatic carbocycles. The zero-order valence-electron chi connectivity index (χ0n) is 32.7. The summed E-state index contributed by atoms with van der Waals surface area (Å²) < 4.78 is 23.4. The van der Waals surface area contributed by atoms with Gasteiger partial charge in [0.05, 0.1) is 11.8 Å². The molecule has 1 saturated heterocycles. The van der Waals surface area contributed by atoms with Crippen molar-refractivity contribution in [3.8, 4) is 0 Å². The van der Waals surface area contributed by atoms with Gasteiger partial charge in [-0.25, -0.2) is 4.79 Å². The standard InChI is InChI=1S/C44H62O7/c1-38(2)21-23-44(37(47)48-27-28-13-11-10-12-14-28)24-22-42(8)29(30(44)26-38)15-16-33-41(7)19-18-34(39(3,4)32(41)17-20-43(33,42)9)49-35(45)25-31-36(46)51-40(5,6)50-31/h10-15,30-34H,16-27H2,1-9H3/t30-,31-,32-,33+,34-,41-,42+,43+,44-/m0/s1. The van der Waals surface area contributed by atoms with E-state index in [9.17, 15) is 14.4 Å². The number of rotatable bonds is 6. The summed E-state index contributed by atoms with van der Waals surface area (Å²) in [5.41, 5.74) is 2.26. The molecule has 0 N–H and O–H groups in total. The molecule has 5 fully saturated rings. The number of fused-ring (bicyclic) bond motifs is 7. The summed E-state index contributed by atoms with van der Waals surface area (Å²) >= 11 is 0. The zero-order chi connectivity index (χ0) is 36.8. The van der Waals surface area contributed by atoms with Gasteiger partial charge in [0.2, 0.25) is 5.79 Å². The van der Waals surface area contributed by atoms with Gasteiger partial charge in [-0.2, -0.15) is 0 Å². The highest BCUT2D eigenvalue weighted by molar-refractivity contribution is 5.83. The minimum Gasteiger partial charge on any atom is -0.462 e. The number of esters is 3. The van der Waals surface area contributed by atoms with Crippen molar-refractivity contribution in [2.24, 2.45) is 50.2 Å². The second kappa shape index (κ2) is 12.2. The average Bonchev–Trinajstić information content (AvgIpc) is 3.31. The first-order valence-electron chi connectivity index (χ1n) is 19.8. The molecule has 0 bridgehead atoms.